The molecule has 0 spiro atoms. The number of ether oxygens (including phenoxy) is 2. The summed E-state index contributed by atoms with van der Waals surface area (Å²) in [5, 5.41) is 0. The molecule has 1 aliphatic rings. The normalized spacial score (nSPS) is 14.4. The average molecular weight is 367 g/mol. The van der Waals surface area contributed by atoms with Crippen molar-refractivity contribution in [1.29, 1.82) is 0 Å². The highest BCUT2D eigenvalue weighted by Crippen LogP contribution is 2.28. The SMILES string of the molecule is C/C=C/c1ccc(OCC(=O)N2CCN(c3ccccn3)CC2)c(OC)c1. The van der Waals surface area contributed by atoms with Gasteiger partial charge in [-0.25, -0.2) is 4.98 Å². The van der Waals surface area contributed by atoms with Crippen LogP contribution in [0.25, 0.3) is 6.08 Å². The summed E-state index contributed by atoms with van der Waals surface area (Å²) in [6.45, 7) is 4.83. The van der Waals surface area contributed by atoms with Crippen molar-refractivity contribution in [3.8, 4) is 11.5 Å². The minimum absolute atomic E-state index is 0.00289. The number of nitrogens with zero attached hydrogens (tertiary/aromatic N) is 3. The first-order valence-corrected chi connectivity index (χ1v) is 9.08. The number of anilines is 1. The molecule has 2 aromatic rings. The van der Waals surface area contributed by atoms with Gasteiger partial charge in [-0.05, 0) is 36.8 Å². The molecule has 1 amide bonds. The van der Waals surface area contributed by atoms with Crippen LogP contribution < -0.4 is 14.4 Å². The maximum absolute atomic E-state index is 12.5. The standard InChI is InChI=1S/C21H25N3O3/c1-3-6-17-8-9-18(19(15-17)26-2)27-16-21(25)24-13-11-23(12-14-24)20-7-4-5-10-22-20/h3-10,15H,11-14,16H2,1-2H3/b6-3+. The van der Waals surface area contributed by atoms with Crippen molar-refractivity contribution >= 4 is 17.8 Å². The van der Waals surface area contributed by atoms with E-state index in [1.807, 2.05) is 60.4 Å². The highest BCUT2D eigenvalue weighted by atomic mass is 16.5. The van der Waals surface area contributed by atoms with Gasteiger partial charge in [0, 0.05) is 32.4 Å². The van der Waals surface area contributed by atoms with E-state index in [2.05, 4.69) is 9.88 Å². The van der Waals surface area contributed by atoms with E-state index in [9.17, 15) is 4.79 Å². The highest BCUT2D eigenvalue weighted by Gasteiger charge is 2.22. The number of carbonyl (C=O) groups is 1. The van der Waals surface area contributed by atoms with Crippen molar-refractivity contribution in [1.82, 2.24) is 9.88 Å². The summed E-state index contributed by atoms with van der Waals surface area (Å²) in [5.41, 5.74) is 1.03. The predicted octanol–water partition coefficient (Wildman–Crippen LogP) is 2.85. The van der Waals surface area contributed by atoms with Crippen LogP contribution in [-0.4, -0.2) is 55.7 Å². The summed E-state index contributed by atoms with van der Waals surface area (Å²) in [6, 6.07) is 11.5. The van der Waals surface area contributed by atoms with Crippen LogP contribution in [0, 0.1) is 0 Å². The Hall–Kier alpha value is -3.02. The topological polar surface area (TPSA) is 54.9 Å². The third-order valence-corrected chi connectivity index (χ3v) is 4.50. The van der Waals surface area contributed by atoms with Crippen LogP contribution in [0.3, 0.4) is 0 Å². The van der Waals surface area contributed by atoms with Gasteiger partial charge in [-0.2, -0.15) is 0 Å². The number of piperazine rings is 1. The molecule has 1 fully saturated rings. The summed E-state index contributed by atoms with van der Waals surface area (Å²) in [6.07, 6.45) is 5.73. The number of hydrogen-bond donors (Lipinski definition) is 0. The van der Waals surface area contributed by atoms with Crippen molar-refractivity contribution in [2.75, 3.05) is 44.8 Å². The average Bonchev–Trinajstić information content (AvgIpc) is 2.73. The van der Waals surface area contributed by atoms with E-state index in [0.717, 1.165) is 24.5 Å². The van der Waals surface area contributed by atoms with E-state index in [4.69, 9.17) is 9.47 Å². The molecule has 0 saturated carbocycles. The Morgan fingerprint density at radius 3 is 2.63 bits per heavy atom. The largest absolute Gasteiger partial charge is 0.493 e. The fourth-order valence-electron chi connectivity index (χ4n) is 3.06. The van der Waals surface area contributed by atoms with Gasteiger partial charge < -0.3 is 19.3 Å². The number of carbonyl (C=O) groups excluding carboxylic acids is 1. The molecule has 1 aromatic heterocycles. The summed E-state index contributed by atoms with van der Waals surface area (Å²) in [7, 11) is 1.60. The van der Waals surface area contributed by atoms with Gasteiger partial charge in [0.15, 0.2) is 18.1 Å². The van der Waals surface area contributed by atoms with E-state index in [0.29, 0.717) is 24.6 Å². The second-order valence-corrected chi connectivity index (χ2v) is 6.25. The lowest BCUT2D eigenvalue weighted by atomic mass is 10.2. The summed E-state index contributed by atoms with van der Waals surface area (Å²) >= 11 is 0. The molecular weight excluding hydrogens is 342 g/mol. The molecular formula is C21H25N3O3. The maximum atomic E-state index is 12.5. The summed E-state index contributed by atoms with van der Waals surface area (Å²) in [5.74, 6) is 2.13. The lowest BCUT2D eigenvalue weighted by Gasteiger charge is -2.35. The van der Waals surface area contributed by atoms with E-state index < -0.39 is 0 Å². The zero-order valence-corrected chi connectivity index (χ0v) is 15.8. The van der Waals surface area contributed by atoms with Crippen molar-refractivity contribution in [3.05, 3.63) is 54.2 Å². The van der Waals surface area contributed by atoms with Crippen molar-refractivity contribution < 1.29 is 14.3 Å². The highest BCUT2D eigenvalue weighted by molar-refractivity contribution is 5.78. The quantitative estimate of drug-likeness (QED) is 0.786. The molecule has 0 aliphatic carbocycles. The Labute approximate surface area is 160 Å². The number of allylic oxidation sites excluding steroid dienone is 1. The van der Waals surface area contributed by atoms with E-state index in [1.54, 1.807) is 13.3 Å². The van der Waals surface area contributed by atoms with E-state index in [-0.39, 0.29) is 12.5 Å². The predicted molar refractivity (Wildman–Crippen MR) is 106 cm³/mol. The number of benzene rings is 1. The van der Waals surface area contributed by atoms with Crippen molar-refractivity contribution in [2.45, 2.75) is 6.92 Å². The smallest absolute Gasteiger partial charge is 0.260 e. The van der Waals surface area contributed by atoms with Crippen LogP contribution in [0.1, 0.15) is 12.5 Å². The number of amides is 1. The second kappa shape index (κ2) is 9.07. The molecule has 27 heavy (non-hydrogen) atoms. The van der Waals surface area contributed by atoms with Gasteiger partial charge in [-0.3, -0.25) is 4.79 Å². The first kappa shape index (κ1) is 18.8. The zero-order valence-electron chi connectivity index (χ0n) is 15.8. The third kappa shape index (κ3) is 4.78. The van der Waals surface area contributed by atoms with Crippen LogP contribution in [0.15, 0.2) is 48.7 Å². The Morgan fingerprint density at radius 2 is 1.96 bits per heavy atom. The lowest BCUT2D eigenvalue weighted by molar-refractivity contribution is -0.133. The maximum Gasteiger partial charge on any atom is 0.260 e. The van der Waals surface area contributed by atoms with E-state index in [1.165, 1.54) is 0 Å². The molecule has 0 radical (unpaired) electrons. The number of methoxy groups -OCH3 is 1. The molecule has 6 heteroatoms. The fourth-order valence-corrected chi connectivity index (χ4v) is 3.06. The van der Waals surface area contributed by atoms with Crippen molar-refractivity contribution in [2.24, 2.45) is 0 Å². The molecule has 0 unspecified atom stereocenters. The first-order valence-electron chi connectivity index (χ1n) is 9.08. The molecule has 1 aromatic carbocycles. The van der Waals surface area contributed by atoms with Gasteiger partial charge in [0.25, 0.3) is 5.91 Å². The Morgan fingerprint density at radius 1 is 1.15 bits per heavy atom. The number of hydrogen-bond acceptors (Lipinski definition) is 5. The molecule has 0 atom stereocenters. The summed E-state index contributed by atoms with van der Waals surface area (Å²) in [4.78, 5) is 20.9. The van der Waals surface area contributed by atoms with Crippen LogP contribution in [-0.2, 0) is 4.79 Å². The van der Waals surface area contributed by atoms with Gasteiger partial charge in [0.05, 0.1) is 7.11 Å². The molecule has 2 heterocycles. The molecule has 6 nitrogen and oxygen atoms in total. The fraction of sp³-hybridized carbons (Fsp3) is 0.333. The van der Waals surface area contributed by atoms with Gasteiger partial charge >= 0.3 is 0 Å². The van der Waals surface area contributed by atoms with Crippen molar-refractivity contribution in [3.63, 3.8) is 0 Å². The third-order valence-electron chi connectivity index (χ3n) is 4.50. The Balaban J connectivity index is 1.53. The van der Waals surface area contributed by atoms with Crippen LogP contribution in [0.5, 0.6) is 11.5 Å². The molecule has 0 N–H and O–H groups in total. The van der Waals surface area contributed by atoms with Gasteiger partial charge in [-0.1, -0.05) is 24.3 Å². The molecule has 3 rings (SSSR count). The first-order chi connectivity index (χ1) is 13.2. The van der Waals surface area contributed by atoms with Gasteiger partial charge in [-0.15, -0.1) is 0 Å². The Bertz CT molecular complexity index is 785. The molecule has 1 saturated heterocycles. The monoisotopic (exact) mass is 367 g/mol. The molecule has 1 aliphatic heterocycles. The Kier molecular flexibility index (Phi) is 6.30. The van der Waals surface area contributed by atoms with Crippen LogP contribution in [0.4, 0.5) is 5.82 Å². The molecule has 142 valence electrons. The van der Waals surface area contributed by atoms with E-state index >= 15 is 0 Å². The van der Waals surface area contributed by atoms with Gasteiger partial charge in [0.1, 0.15) is 5.82 Å². The summed E-state index contributed by atoms with van der Waals surface area (Å²) < 4.78 is 11.1. The number of aromatic nitrogens is 1. The number of pyridine rings is 1. The second-order valence-electron chi connectivity index (χ2n) is 6.25. The van der Waals surface area contributed by atoms with Crippen LogP contribution >= 0.6 is 0 Å². The van der Waals surface area contributed by atoms with Crippen LogP contribution in [0.2, 0.25) is 0 Å². The minimum atomic E-state index is -0.0183. The van der Waals surface area contributed by atoms with Gasteiger partial charge in [0.2, 0.25) is 0 Å². The molecule has 0 bridgehead atoms. The zero-order chi connectivity index (χ0) is 19.1. The lowest BCUT2D eigenvalue weighted by Crippen LogP contribution is -2.50. The minimum Gasteiger partial charge on any atom is -0.493 e. The number of rotatable bonds is 6.